The van der Waals surface area contributed by atoms with Crippen LogP contribution < -0.4 is 15.4 Å². The van der Waals surface area contributed by atoms with Crippen LogP contribution in [0.5, 0.6) is 5.75 Å². The van der Waals surface area contributed by atoms with Gasteiger partial charge in [0.2, 0.25) is 5.91 Å². The summed E-state index contributed by atoms with van der Waals surface area (Å²) in [5.74, 6) is -0.358. The summed E-state index contributed by atoms with van der Waals surface area (Å²) in [5.41, 5.74) is 2.57. The molecule has 0 bridgehead atoms. The first-order chi connectivity index (χ1) is 18.7. The molecule has 1 heterocycles. The van der Waals surface area contributed by atoms with E-state index in [0.717, 1.165) is 5.39 Å². The van der Waals surface area contributed by atoms with Crippen molar-refractivity contribution >= 4 is 45.9 Å². The van der Waals surface area contributed by atoms with E-state index in [4.69, 9.17) is 16.3 Å². The van der Waals surface area contributed by atoms with Gasteiger partial charge < -0.3 is 15.4 Å². The number of benzene rings is 3. The van der Waals surface area contributed by atoms with Gasteiger partial charge in [-0.1, -0.05) is 11.6 Å². The molecule has 10 nitrogen and oxygen atoms in total. The van der Waals surface area contributed by atoms with Gasteiger partial charge in [-0.2, -0.15) is 0 Å². The molecule has 3 aromatic carbocycles. The predicted octanol–water partition coefficient (Wildman–Crippen LogP) is 4.30. The zero-order valence-corrected chi connectivity index (χ0v) is 21.9. The third-order valence-corrected chi connectivity index (χ3v) is 6.50. The number of fused-ring (bicyclic) bond motifs is 1. The molecule has 11 heteroatoms. The lowest BCUT2D eigenvalue weighted by atomic mass is 10.1. The first-order valence-electron chi connectivity index (χ1n) is 12.0. The van der Waals surface area contributed by atoms with E-state index in [-0.39, 0.29) is 42.6 Å². The number of non-ortho nitro benzene ring substituents is 1. The quantitative estimate of drug-likeness (QED) is 0.182. The second-order valence-electron chi connectivity index (χ2n) is 8.68. The summed E-state index contributed by atoms with van der Waals surface area (Å²) in [4.78, 5) is 48.7. The van der Waals surface area contributed by atoms with Gasteiger partial charge in [0.25, 0.3) is 17.5 Å². The van der Waals surface area contributed by atoms with Crippen molar-refractivity contribution in [1.29, 1.82) is 0 Å². The number of nitro benzene ring substituents is 1. The van der Waals surface area contributed by atoms with Crippen LogP contribution in [0.2, 0.25) is 5.02 Å². The third-order valence-electron chi connectivity index (χ3n) is 6.25. The molecule has 0 fully saturated rings. The van der Waals surface area contributed by atoms with Crippen LogP contribution in [0, 0.1) is 17.0 Å². The van der Waals surface area contributed by atoms with E-state index in [0.29, 0.717) is 33.1 Å². The highest BCUT2D eigenvalue weighted by Gasteiger charge is 2.22. The van der Waals surface area contributed by atoms with Gasteiger partial charge in [0.05, 0.1) is 24.0 Å². The fourth-order valence-corrected chi connectivity index (χ4v) is 4.36. The Bertz CT molecular complexity index is 1560. The highest BCUT2D eigenvalue weighted by molar-refractivity contribution is 6.30. The largest absolute Gasteiger partial charge is 0.497 e. The van der Waals surface area contributed by atoms with Crippen molar-refractivity contribution in [2.75, 3.05) is 20.2 Å². The normalized spacial score (nSPS) is 10.7. The smallest absolute Gasteiger partial charge is 0.269 e. The first kappa shape index (κ1) is 27.3. The molecular formula is C28H25ClN4O6. The lowest BCUT2D eigenvalue weighted by Crippen LogP contribution is -2.35. The van der Waals surface area contributed by atoms with E-state index in [1.807, 2.05) is 0 Å². The molecule has 0 saturated carbocycles. The second-order valence-corrected chi connectivity index (χ2v) is 9.12. The van der Waals surface area contributed by atoms with Crippen molar-refractivity contribution in [3.05, 3.63) is 104 Å². The number of nitro groups is 1. The standard InChI is InChI=1S/C28H25ClN4O6/c1-17-23(16-26(34)30-13-14-31-27(35)18-5-9-21(10-6-18)33(37)38)24-15-22(39-2)11-12-25(24)32(17)28(36)19-3-7-20(29)8-4-19/h3-12,15H,13-14,16H2,1-2H3,(H,30,34)(H,31,35). The Labute approximate surface area is 228 Å². The fourth-order valence-electron chi connectivity index (χ4n) is 4.23. The lowest BCUT2D eigenvalue weighted by molar-refractivity contribution is -0.384. The Morgan fingerprint density at radius 3 is 2.23 bits per heavy atom. The van der Waals surface area contributed by atoms with Crippen LogP contribution >= 0.6 is 11.6 Å². The third kappa shape index (κ3) is 6.07. The average molecular weight is 549 g/mol. The molecule has 0 aliphatic rings. The molecule has 0 radical (unpaired) electrons. The number of amides is 2. The van der Waals surface area contributed by atoms with Crippen molar-refractivity contribution in [3.8, 4) is 5.75 Å². The maximum atomic E-state index is 13.4. The zero-order chi connectivity index (χ0) is 28.1. The summed E-state index contributed by atoms with van der Waals surface area (Å²) >= 11 is 5.98. The second kappa shape index (κ2) is 11.8. The van der Waals surface area contributed by atoms with E-state index in [1.165, 1.54) is 24.3 Å². The van der Waals surface area contributed by atoms with Crippen LogP contribution in [0.15, 0.2) is 66.7 Å². The molecule has 0 aliphatic carbocycles. The fraction of sp³-hybridized carbons (Fsp3) is 0.179. The maximum absolute atomic E-state index is 13.4. The number of rotatable bonds is 9. The summed E-state index contributed by atoms with van der Waals surface area (Å²) in [5, 5.41) is 17.4. The van der Waals surface area contributed by atoms with Crippen molar-refractivity contribution in [1.82, 2.24) is 15.2 Å². The summed E-state index contributed by atoms with van der Waals surface area (Å²) in [6.45, 7) is 2.11. The van der Waals surface area contributed by atoms with E-state index in [9.17, 15) is 24.5 Å². The molecule has 0 aliphatic heterocycles. The van der Waals surface area contributed by atoms with Gasteiger partial charge in [-0.3, -0.25) is 29.1 Å². The Balaban J connectivity index is 1.45. The number of ether oxygens (including phenoxy) is 1. The highest BCUT2D eigenvalue weighted by atomic mass is 35.5. The number of hydrogen-bond donors (Lipinski definition) is 2. The lowest BCUT2D eigenvalue weighted by Gasteiger charge is -2.09. The number of carbonyl (C=O) groups excluding carboxylic acids is 3. The van der Waals surface area contributed by atoms with Crippen molar-refractivity contribution in [3.63, 3.8) is 0 Å². The first-order valence-corrected chi connectivity index (χ1v) is 12.3. The minimum atomic E-state index is -0.542. The number of nitrogens with zero attached hydrogens (tertiary/aromatic N) is 2. The van der Waals surface area contributed by atoms with Gasteiger partial charge in [-0.25, -0.2) is 0 Å². The molecule has 0 unspecified atom stereocenters. The number of hydrogen-bond acceptors (Lipinski definition) is 6. The van der Waals surface area contributed by atoms with Crippen LogP contribution in [0.3, 0.4) is 0 Å². The van der Waals surface area contributed by atoms with Gasteiger partial charge in [0, 0.05) is 52.5 Å². The Hall–Kier alpha value is -4.70. The van der Waals surface area contributed by atoms with Crippen LogP contribution in [-0.4, -0.2) is 47.4 Å². The number of methoxy groups -OCH3 is 1. The van der Waals surface area contributed by atoms with Gasteiger partial charge in [-0.15, -0.1) is 0 Å². The molecule has 2 N–H and O–H groups in total. The van der Waals surface area contributed by atoms with E-state index in [2.05, 4.69) is 10.6 Å². The average Bonchev–Trinajstić information content (AvgIpc) is 3.21. The maximum Gasteiger partial charge on any atom is 0.269 e. The van der Waals surface area contributed by atoms with Gasteiger partial charge in [0.15, 0.2) is 0 Å². The monoisotopic (exact) mass is 548 g/mol. The van der Waals surface area contributed by atoms with Crippen LogP contribution in [0.25, 0.3) is 10.9 Å². The number of halogens is 1. The molecule has 0 spiro atoms. The topological polar surface area (TPSA) is 133 Å². The minimum absolute atomic E-state index is 0.00664. The predicted molar refractivity (Wildman–Crippen MR) is 147 cm³/mol. The van der Waals surface area contributed by atoms with Crippen molar-refractivity contribution in [2.45, 2.75) is 13.3 Å². The SMILES string of the molecule is COc1ccc2c(c1)c(CC(=O)NCCNC(=O)c1ccc([N+](=O)[O-])cc1)c(C)n2C(=O)c1ccc(Cl)cc1. The molecule has 0 atom stereocenters. The van der Waals surface area contributed by atoms with E-state index >= 15 is 0 Å². The van der Waals surface area contributed by atoms with Gasteiger partial charge in [0.1, 0.15) is 5.75 Å². The van der Waals surface area contributed by atoms with Crippen LogP contribution in [-0.2, 0) is 11.2 Å². The summed E-state index contributed by atoms with van der Waals surface area (Å²) in [6.07, 6.45) is 0.00664. The molecule has 4 aromatic rings. The van der Waals surface area contributed by atoms with Crippen molar-refractivity contribution in [2.24, 2.45) is 0 Å². The zero-order valence-electron chi connectivity index (χ0n) is 21.2. The summed E-state index contributed by atoms with van der Waals surface area (Å²) in [7, 11) is 1.54. The van der Waals surface area contributed by atoms with E-state index < -0.39 is 10.8 Å². The summed E-state index contributed by atoms with van der Waals surface area (Å²) < 4.78 is 6.94. The molecule has 200 valence electrons. The Morgan fingerprint density at radius 2 is 1.59 bits per heavy atom. The number of aromatic nitrogens is 1. The molecule has 4 rings (SSSR count). The Kier molecular flexibility index (Phi) is 8.26. The van der Waals surface area contributed by atoms with E-state index in [1.54, 1.807) is 61.1 Å². The number of carbonyl (C=O) groups is 3. The molecule has 1 aromatic heterocycles. The highest BCUT2D eigenvalue weighted by Crippen LogP contribution is 2.31. The Morgan fingerprint density at radius 1 is 0.949 bits per heavy atom. The minimum Gasteiger partial charge on any atom is -0.497 e. The molecular weight excluding hydrogens is 524 g/mol. The molecule has 2 amide bonds. The van der Waals surface area contributed by atoms with Crippen molar-refractivity contribution < 1.29 is 24.0 Å². The van der Waals surface area contributed by atoms with Crippen LogP contribution in [0.4, 0.5) is 5.69 Å². The van der Waals surface area contributed by atoms with Gasteiger partial charge in [-0.05, 0) is 67.1 Å². The van der Waals surface area contributed by atoms with Crippen LogP contribution in [0.1, 0.15) is 32.0 Å². The number of nitrogens with one attached hydrogen (secondary N) is 2. The molecule has 0 saturated heterocycles. The summed E-state index contributed by atoms with van der Waals surface area (Å²) in [6, 6.07) is 17.2. The van der Waals surface area contributed by atoms with Gasteiger partial charge >= 0.3 is 0 Å². The molecule has 39 heavy (non-hydrogen) atoms.